The van der Waals surface area contributed by atoms with Gasteiger partial charge < -0.3 is 4.74 Å². The Balaban J connectivity index is 2.75. The lowest BCUT2D eigenvalue weighted by Crippen LogP contribution is -1.91. The van der Waals surface area contributed by atoms with Crippen molar-refractivity contribution in [1.82, 2.24) is 9.97 Å². The highest BCUT2D eigenvalue weighted by atomic mass is 16.5. The van der Waals surface area contributed by atoms with Gasteiger partial charge in [0.2, 0.25) is 0 Å². The number of methoxy groups -OCH3 is 1. The van der Waals surface area contributed by atoms with Gasteiger partial charge in [0, 0.05) is 18.0 Å². The third-order valence-electron chi connectivity index (χ3n) is 1.34. The SMILES string of the molecule is COc1ncc(/C=C/C(C)=O)cn1. The molecule has 4 nitrogen and oxygen atoms in total. The molecular weight excluding hydrogens is 168 g/mol. The molecule has 0 bridgehead atoms. The molecule has 1 heterocycles. The zero-order valence-electron chi connectivity index (χ0n) is 7.52. The lowest BCUT2D eigenvalue weighted by molar-refractivity contribution is -0.112. The first kappa shape index (κ1) is 9.38. The lowest BCUT2D eigenvalue weighted by atomic mass is 10.3. The topological polar surface area (TPSA) is 52.1 Å². The Labute approximate surface area is 76.3 Å². The van der Waals surface area contributed by atoms with Gasteiger partial charge >= 0.3 is 6.01 Å². The van der Waals surface area contributed by atoms with Gasteiger partial charge in [0.05, 0.1) is 7.11 Å². The molecule has 0 amide bonds. The number of carbonyl (C=O) groups excluding carboxylic acids is 1. The Hall–Kier alpha value is -1.71. The van der Waals surface area contributed by atoms with Crippen molar-refractivity contribution in [3.63, 3.8) is 0 Å². The van der Waals surface area contributed by atoms with Crippen LogP contribution in [0.5, 0.6) is 6.01 Å². The molecule has 4 heteroatoms. The molecular formula is C9H10N2O2. The molecule has 0 aliphatic rings. The van der Waals surface area contributed by atoms with Crippen LogP contribution in [0.4, 0.5) is 0 Å². The molecule has 0 fully saturated rings. The second kappa shape index (κ2) is 4.35. The molecule has 0 radical (unpaired) electrons. The second-order valence-electron chi connectivity index (χ2n) is 2.45. The molecule has 1 aromatic rings. The Morgan fingerprint density at radius 3 is 2.54 bits per heavy atom. The average molecular weight is 178 g/mol. The van der Waals surface area contributed by atoms with Gasteiger partial charge in [-0.2, -0.15) is 0 Å². The van der Waals surface area contributed by atoms with Crippen LogP contribution in [0.2, 0.25) is 0 Å². The number of aromatic nitrogens is 2. The van der Waals surface area contributed by atoms with Crippen LogP contribution < -0.4 is 4.74 Å². The molecule has 0 atom stereocenters. The van der Waals surface area contributed by atoms with Gasteiger partial charge in [0.25, 0.3) is 0 Å². The number of nitrogens with zero attached hydrogens (tertiary/aromatic N) is 2. The van der Waals surface area contributed by atoms with Crippen LogP contribution >= 0.6 is 0 Å². The van der Waals surface area contributed by atoms with Crippen LogP contribution in [0.15, 0.2) is 18.5 Å². The zero-order valence-corrected chi connectivity index (χ0v) is 7.52. The lowest BCUT2D eigenvalue weighted by Gasteiger charge is -1.95. The third kappa shape index (κ3) is 3.02. The minimum Gasteiger partial charge on any atom is -0.467 e. The molecule has 0 saturated heterocycles. The maximum absolute atomic E-state index is 10.6. The van der Waals surface area contributed by atoms with Crippen molar-refractivity contribution in [3.05, 3.63) is 24.0 Å². The minimum atomic E-state index is -0.00387. The molecule has 0 aliphatic heterocycles. The molecule has 0 N–H and O–H groups in total. The molecule has 1 aromatic heterocycles. The van der Waals surface area contributed by atoms with Crippen LogP contribution in [-0.4, -0.2) is 22.9 Å². The first-order chi connectivity index (χ1) is 6.22. The van der Waals surface area contributed by atoms with Crippen LogP contribution in [-0.2, 0) is 4.79 Å². The van der Waals surface area contributed by atoms with Crippen molar-refractivity contribution in [2.45, 2.75) is 6.92 Å². The average Bonchev–Trinajstić information content (AvgIpc) is 2.15. The van der Waals surface area contributed by atoms with Crippen molar-refractivity contribution in [1.29, 1.82) is 0 Å². The van der Waals surface area contributed by atoms with Gasteiger partial charge in [-0.05, 0) is 19.1 Å². The van der Waals surface area contributed by atoms with E-state index in [-0.39, 0.29) is 5.78 Å². The fourth-order valence-electron chi connectivity index (χ4n) is 0.731. The van der Waals surface area contributed by atoms with E-state index in [1.807, 2.05) is 0 Å². The summed E-state index contributed by atoms with van der Waals surface area (Å²) in [6, 6.07) is 0.319. The summed E-state index contributed by atoms with van der Waals surface area (Å²) >= 11 is 0. The van der Waals surface area contributed by atoms with E-state index < -0.39 is 0 Å². The summed E-state index contributed by atoms with van der Waals surface area (Å²) in [5, 5.41) is 0. The van der Waals surface area contributed by atoms with Gasteiger partial charge in [0.15, 0.2) is 5.78 Å². The predicted molar refractivity (Wildman–Crippen MR) is 48.3 cm³/mol. The number of rotatable bonds is 3. The number of allylic oxidation sites excluding steroid dienone is 1. The molecule has 0 spiro atoms. The second-order valence-corrected chi connectivity index (χ2v) is 2.45. The van der Waals surface area contributed by atoms with E-state index >= 15 is 0 Å². The Kier molecular flexibility index (Phi) is 3.14. The Bertz CT molecular complexity index is 317. The van der Waals surface area contributed by atoms with Crippen LogP contribution in [0.1, 0.15) is 12.5 Å². The van der Waals surface area contributed by atoms with Gasteiger partial charge in [-0.3, -0.25) is 4.79 Å². The largest absolute Gasteiger partial charge is 0.467 e. The summed E-state index contributed by atoms with van der Waals surface area (Å²) in [5.74, 6) is -0.00387. The van der Waals surface area contributed by atoms with Gasteiger partial charge in [0.1, 0.15) is 0 Å². The van der Waals surface area contributed by atoms with Gasteiger partial charge in [-0.1, -0.05) is 0 Å². The summed E-state index contributed by atoms with van der Waals surface area (Å²) < 4.78 is 4.78. The van der Waals surface area contributed by atoms with Gasteiger partial charge in [-0.15, -0.1) is 0 Å². The number of ketones is 1. The fraction of sp³-hybridized carbons (Fsp3) is 0.222. The number of ether oxygens (including phenoxy) is 1. The zero-order chi connectivity index (χ0) is 9.68. The Morgan fingerprint density at radius 1 is 1.46 bits per heavy atom. The van der Waals surface area contributed by atoms with Crippen molar-refractivity contribution in [2.75, 3.05) is 7.11 Å². The summed E-state index contributed by atoms with van der Waals surface area (Å²) in [7, 11) is 1.50. The van der Waals surface area contributed by atoms with E-state index in [2.05, 4.69) is 9.97 Å². The van der Waals surface area contributed by atoms with Gasteiger partial charge in [-0.25, -0.2) is 9.97 Å². The van der Waals surface area contributed by atoms with Crippen LogP contribution in [0.3, 0.4) is 0 Å². The summed E-state index contributed by atoms with van der Waals surface area (Å²) in [4.78, 5) is 18.3. The normalized spacial score (nSPS) is 10.3. The molecule has 0 unspecified atom stereocenters. The summed E-state index contributed by atoms with van der Waals surface area (Å²) in [5.41, 5.74) is 0.774. The van der Waals surface area contributed by atoms with E-state index in [9.17, 15) is 4.79 Å². The standard InChI is InChI=1S/C9H10N2O2/c1-7(12)3-4-8-5-10-9(13-2)11-6-8/h3-6H,1-2H3/b4-3+. The van der Waals surface area contributed by atoms with E-state index in [1.54, 1.807) is 18.5 Å². The number of hydrogen-bond acceptors (Lipinski definition) is 4. The van der Waals surface area contributed by atoms with Crippen molar-refractivity contribution in [2.24, 2.45) is 0 Å². The number of hydrogen-bond donors (Lipinski definition) is 0. The van der Waals surface area contributed by atoms with E-state index in [4.69, 9.17) is 4.74 Å². The fourth-order valence-corrected chi connectivity index (χ4v) is 0.731. The van der Waals surface area contributed by atoms with E-state index in [0.29, 0.717) is 6.01 Å². The van der Waals surface area contributed by atoms with Crippen molar-refractivity contribution >= 4 is 11.9 Å². The molecule has 0 aromatic carbocycles. The first-order valence-electron chi connectivity index (χ1n) is 3.77. The van der Waals surface area contributed by atoms with Crippen LogP contribution in [0.25, 0.3) is 6.08 Å². The maximum Gasteiger partial charge on any atom is 0.316 e. The molecule has 0 saturated carbocycles. The maximum atomic E-state index is 10.6. The van der Waals surface area contributed by atoms with Crippen molar-refractivity contribution < 1.29 is 9.53 Å². The molecule has 68 valence electrons. The molecule has 0 aliphatic carbocycles. The highest BCUT2D eigenvalue weighted by Crippen LogP contribution is 2.03. The first-order valence-corrected chi connectivity index (χ1v) is 3.77. The van der Waals surface area contributed by atoms with Crippen molar-refractivity contribution in [3.8, 4) is 6.01 Å². The highest BCUT2D eigenvalue weighted by molar-refractivity contribution is 5.91. The van der Waals surface area contributed by atoms with E-state index in [0.717, 1.165) is 5.56 Å². The summed E-state index contributed by atoms with van der Waals surface area (Å²) in [6.07, 6.45) is 6.30. The smallest absolute Gasteiger partial charge is 0.316 e. The van der Waals surface area contributed by atoms with E-state index in [1.165, 1.54) is 20.1 Å². The molecule has 1 rings (SSSR count). The predicted octanol–water partition coefficient (Wildman–Crippen LogP) is 1.09. The quantitative estimate of drug-likeness (QED) is 0.650. The molecule has 13 heavy (non-hydrogen) atoms. The summed E-state index contributed by atoms with van der Waals surface area (Å²) in [6.45, 7) is 1.49. The highest BCUT2D eigenvalue weighted by Gasteiger charge is 1.93. The third-order valence-corrected chi connectivity index (χ3v) is 1.34. The minimum absolute atomic E-state index is 0.00387. The van der Waals surface area contributed by atoms with Crippen LogP contribution in [0, 0.1) is 0 Å². The Morgan fingerprint density at radius 2 is 2.08 bits per heavy atom. The number of carbonyl (C=O) groups is 1. The monoisotopic (exact) mass is 178 g/mol.